The van der Waals surface area contributed by atoms with E-state index in [1.807, 2.05) is 6.92 Å². The molecule has 4 nitrogen and oxygen atoms in total. The molecule has 0 aromatic heterocycles. The summed E-state index contributed by atoms with van der Waals surface area (Å²) in [5, 5.41) is 14.6. The lowest BCUT2D eigenvalue weighted by Gasteiger charge is -2.11. The maximum absolute atomic E-state index is 11.2. The van der Waals surface area contributed by atoms with Gasteiger partial charge in [0.15, 0.2) is 0 Å². The molecule has 82 valence electrons. The van der Waals surface area contributed by atoms with Gasteiger partial charge in [-0.25, -0.2) is 0 Å². The summed E-state index contributed by atoms with van der Waals surface area (Å²) in [6.45, 7) is 3.31. The number of carbonyl (C=O) groups is 1. The van der Waals surface area contributed by atoms with Gasteiger partial charge in [-0.3, -0.25) is 4.79 Å². The molecule has 1 aliphatic carbocycles. The zero-order valence-electron chi connectivity index (χ0n) is 8.75. The van der Waals surface area contributed by atoms with Crippen molar-refractivity contribution in [1.82, 2.24) is 10.6 Å². The van der Waals surface area contributed by atoms with E-state index in [1.54, 1.807) is 0 Å². The molecule has 0 heterocycles. The predicted molar refractivity (Wildman–Crippen MR) is 54.9 cm³/mol. The molecular weight excluding hydrogens is 180 g/mol. The Morgan fingerprint density at radius 3 is 2.86 bits per heavy atom. The van der Waals surface area contributed by atoms with Crippen LogP contribution in [0.4, 0.5) is 0 Å². The van der Waals surface area contributed by atoms with Gasteiger partial charge in [-0.05, 0) is 32.1 Å². The summed E-state index contributed by atoms with van der Waals surface area (Å²) >= 11 is 0. The molecule has 1 saturated carbocycles. The summed E-state index contributed by atoms with van der Waals surface area (Å²) in [4.78, 5) is 11.2. The lowest BCUT2D eigenvalue weighted by molar-refractivity contribution is -0.120. The summed E-state index contributed by atoms with van der Waals surface area (Å²) < 4.78 is 0. The Bertz CT molecular complexity index is 181. The van der Waals surface area contributed by atoms with Crippen LogP contribution in [0.1, 0.15) is 26.2 Å². The van der Waals surface area contributed by atoms with E-state index in [9.17, 15) is 4.79 Å². The fraction of sp³-hybridized carbons (Fsp3) is 0.900. The first kappa shape index (κ1) is 11.5. The van der Waals surface area contributed by atoms with Crippen LogP contribution in [0.15, 0.2) is 0 Å². The third-order valence-electron chi connectivity index (χ3n) is 2.46. The molecule has 4 heteroatoms. The smallest absolute Gasteiger partial charge is 0.233 e. The van der Waals surface area contributed by atoms with Gasteiger partial charge < -0.3 is 15.7 Å². The van der Waals surface area contributed by atoms with Crippen molar-refractivity contribution in [3.63, 3.8) is 0 Å². The predicted octanol–water partition coefficient (Wildman–Crippen LogP) is -0.127. The van der Waals surface area contributed by atoms with Gasteiger partial charge in [-0.1, -0.05) is 0 Å². The van der Waals surface area contributed by atoms with Crippen molar-refractivity contribution in [3.05, 3.63) is 0 Å². The van der Waals surface area contributed by atoms with Gasteiger partial charge in [-0.15, -0.1) is 0 Å². The molecule has 0 saturated heterocycles. The first-order valence-electron chi connectivity index (χ1n) is 5.33. The summed E-state index contributed by atoms with van der Waals surface area (Å²) in [7, 11) is 0. The number of carbonyl (C=O) groups excluding carboxylic acids is 1. The van der Waals surface area contributed by atoms with Crippen molar-refractivity contribution >= 4 is 5.91 Å². The van der Waals surface area contributed by atoms with Gasteiger partial charge in [0, 0.05) is 19.2 Å². The molecule has 1 amide bonds. The molecule has 0 aromatic rings. The molecule has 1 fully saturated rings. The molecule has 0 radical (unpaired) electrons. The van der Waals surface area contributed by atoms with Crippen molar-refractivity contribution in [3.8, 4) is 0 Å². The Labute approximate surface area is 85.1 Å². The van der Waals surface area contributed by atoms with E-state index in [0.717, 1.165) is 12.5 Å². The zero-order valence-corrected chi connectivity index (χ0v) is 8.75. The number of hydrogen-bond donors (Lipinski definition) is 3. The quantitative estimate of drug-likeness (QED) is 0.536. The number of amides is 1. The monoisotopic (exact) mass is 200 g/mol. The minimum absolute atomic E-state index is 0.0571. The van der Waals surface area contributed by atoms with Crippen LogP contribution < -0.4 is 10.6 Å². The maximum Gasteiger partial charge on any atom is 0.233 e. The molecule has 1 aliphatic rings. The van der Waals surface area contributed by atoms with E-state index in [2.05, 4.69) is 10.6 Å². The second-order valence-corrected chi connectivity index (χ2v) is 4.04. The molecule has 3 N–H and O–H groups in total. The highest BCUT2D eigenvalue weighted by Crippen LogP contribution is 2.27. The lowest BCUT2D eigenvalue weighted by Crippen LogP contribution is -2.39. The van der Waals surface area contributed by atoms with Crippen LogP contribution >= 0.6 is 0 Å². The van der Waals surface area contributed by atoms with Gasteiger partial charge in [-0.2, -0.15) is 0 Å². The Hall–Kier alpha value is -0.610. The zero-order chi connectivity index (χ0) is 10.4. The van der Waals surface area contributed by atoms with Crippen molar-refractivity contribution in [2.24, 2.45) is 5.92 Å². The highest BCUT2D eigenvalue weighted by Gasteiger charge is 2.21. The highest BCUT2D eigenvalue weighted by atomic mass is 16.3. The molecule has 14 heavy (non-hydrogen) atoms. The summed E-state index contributed by atoms with van der Waals surface area (Å²) in [6.07, 6.45) is 3.21. The summed E-state index contributed by atoms with van der Waals surface area (Å²) in [5.74, 6) is 0.788. The average Bonchev–Trinajstić information content (AvgIpc) is 2.95. The van der Waals surface area contributed by atoms with E-state index in [-0.39, 0.29) is 18.6 Å². The largest absolute Gasteiger partial charge is 0.396 e. The normalized spacial score (nSPS) is 17.9. The van der Waals surface area contributed by atoms with Crippen LogP contribution in [0.3, 0.4) is 0 Å². The third kappa shape index (κ3) is 5.19. The molecule has 0 aromatic carbocycles. The molecule has 1 unspecified atom stereocenters. The van der Waals surface area contributed by atoms with Gasteiger partial charge in [0.05, 0.1) is 6.54 Å². The van der Waals surface area contributed by atoms with E-state index in [1.165, 1.54) is 12.8 Å². The average molecular weight is 200 g/mol. The van der Waals surface area contributed by atoms with Crippen LogP contribution in [0.5, 0.6) is 0 Å². The number of hydrogen-bond acceptors (Lipinski definition) is 3. The summed E-state index contributed by atoms with van der Waals surface area (Å²) in [6, 6.07) is 0.201. The van der Waals surface area contributed by atoms with E-state index < -0.39 is 0 Å². The third-order valence-corrected chi connectivity index (χ3v) is 2.46. The van der Waals surface area contributed by atoms with Crippen LogP contribution in [0.25, 0.3) is 0 Å². The lowest BCUT2D eigenvalue weighted by atomic mass is 10.2. The number of aliphatic hydroxyl groups excluding tert-OH is 1. The van der Waals surface area contributed by atoms with Gasteiger partial charge in [0.1, 0.15) is 0 Å². The van der Waals surface area contributed by atoms with E-state index in [4.69, 9.17) is 5.11 Å². The first-order chi connectivity index (χ1) is 6.72. The van der Waals surface area contributed by atoms with E-state index in [0.29, 0.717) is 13.0 Å². The minimum Gasteiger partial charge on any atom is -0.396 e. The van der Waals surface area contributed by atoms with Crippen LogP contribution in [-0.4, -0.2) is 36.8 Å². The molecule has 1 rings (SSSR count). The molecular formula is C10H20N2O2. The Balaban J connectivity index is 1.95. The first-order valence-corrected chi connectivity index (χ1v) is 5.33. The van der Waals surface area contributed by atoms with Gasteiger partial charge in [0.2, 0.25) is 5.91 Å². The highest BCUT2D eigenvalue weighted by molar-refractivity contribution is 5.78. The fourth-order valence-corrected chi connectivity index (χ4v) is 1.21. The van der Waals surface area contributed by atoms with Crippen LogP contribution in [0, 0.1) is 5.92 Å². The Morgan fingerprint density at radius 1 is 1.57 bits per heavy atom. The maximum atomic E-state index is 11.2. The number of rotatable bonds is 7. The number of nitrogens with one attached hydrogen (secondary N) is 2. The van der Waals surface area contributed by atoms with Crippen molar-refractivity contribution in [1.29, 1.82) is 0 Å². The SMILES string of the molecule is CC(CCO)NCC(=O)NCC1CC1. The second-order valence-electron chi connectivity index (χ2n) is 4.04. The van der Waals surface area contributed by atoms with Crippen molar-refractivity contribution < 1.29 is 9.90 Å². The second kappa shape index (κ2) is 5.98. The molecule has 1 atom stereocenters. The molecule has 0 aliphatic heterocycles. The van der Waals surface area contributed by atoms with E-state index >= 15 is 0 Å². The minimum atomic E-state index is 0.0571. The van der Waals surface area contributed by atoms with Gasteiger partial charge >= 0.3 is 0 Å². The molecule has 0 spiro atoms. The van der Waals surface area contributed by atoms with Gasteiger partial charge in [0.25, 0.3) is 0 Å². The standard InChI is InChI=1S/C10H20N2O2/c1-8(4-5-13)11-7-10(14)12-6-9-2-3-9/h8-9,11,13H,2-7H2,1H3,(H,12,14). The fourth-order valence-electron chi connectivity index (χ4n) is 1.21. The van der Waals surface area contributed by atoms with Crippen molar-refractivity contribution in [2.45, 2.75) is 32.2 Å². The summed E-state index contributed by atoms with van der Waals surface area (Å²) in [5.41, 5.74) is 0. The topological polar surface area (TPSA) is 61.4 Å². The number of aliphatic hydroxyl groups is 1. The Morgan fingerprint density at radius 2 is 2.29 bits per heavy atom. The molecule has 0 bridgehead atoms. The Kier molecular flexibility index (Phi) is 4.90. The van der Waals surface area contributed by atoms with Crippen molar-refractivity contribution in [2.75, 3.05) is 19.7 Å². The van der Waals surface area contributed by atoms with Crippen LogP contribution in [0.2, 0.25) is 0 Å². The van der Waals surface area contributed by atoms with Crippen LogP contribution in [-0.2, 0) is 4.79 Å².